The molecule has 0 bridgehead atoms. The summed E-state index contributed by atoms with van der Waals surface area (Å²) in [7, 11) is 1.62. The molecular formula is C12H14N2OS. The molecule has 0 saturated heterocycles. The number of benzene rings is 1. The van der Waals surface area contributed by atoms with Crippen LogP contribution in [0, 0.1) is 6.92 Å². The number of methoxy groups -OCH3 is 1. The molecule has 1 aromatic heterocycles. The summed E-state index contributed by atoms with van der Waals surface area (Å²) in [5.41, 5.74) is 7.68. The predicted octanol–water partition coefficient (Wildman–Crippen LogP) is 2.63. The molecule has 0 fully saturated rings. The number of nitrogen functional groups attached to an aromatic ring is 1. The zero-order chi connectivity index (χ0) is 11.5. The van der Waals surface area contributed by atoms with Gasteiger partial charge < -0.3 is 10.5 Å². The van der Waals surface area contributed by atoms with Crippen LogP contribution in [0.2, 0.25) is 0 Å². The van der Waals surface area contributed by atoms with Gasteiger partial charge in [-0.25, -0.2) is 4.98 Å². The molecular weight excluding hydrogens is 220 g/mol. The number of aryl methyl sites for hydroxylation is 1. The van der Waals surface area contributed by atoms with Gasteiger partial charge in [0.1, 0.15) is 5.75 Å². The number of thiazole rings is 1. The molecule has 2 rings (SSSR count). The van der Waals surface area contributed by atoms with Crippen molar-refractivity contribution in [3.63, 3.8) is 0 Å². The zero-order valence-corrected chi connectivity index (χ0v) is 10.2. The second-order valence-corrected chi connectivity index (χ2v) is 4.94. The number of aromatic nitrogens is 1. The van der Waals surface area contributed by atoms with Crippen LogP contribution in [0.3, 0.4) is 0 Å². The number of ether oxygens (including phenoxy) is 1. The van der Waals surface area contributed by atoms with Crippen LogP contribution in [-0.4, -0.2) is 12.1 Å². The van der Waals surface area contributed by atoms with Gasteiger partial charge in [-0.15, -0.1) is 11.3 Å². The van der Waals surface area contributed by atoms with Crippen molar-refractivity contribution < 1.29 is 4.74 Å². The van der Waals surface area contributed by atoms with Gasteiger partial charge in [0.15, 0.2) is 0 Å². The van der Waals surface area contributed by atoms with Crippen molar-refractivity contribution in [1.82, 2.24) is 4.98 Å². The predicted molar refractivity (Wildman–Crippen MR) is 67.1 cm³/mol. The largest absolute Gasteiger partial charge is 0.495 e. The van der Waals surface area contributed by atoms with Crippen LogP contribution < -0.4 is 10.5 Å². The quantitative estimate of drug-likeness (QED) is 0.830. The van der Waals surface area contributed by atoms with E-state index in [4.69, 9.17) is 10.5 Å². The van der Waals surface area contributed by atoms with Crippen LogP contribution in [0.5, 0.6) is 5.75 Å². The Morgan fingerprint density at radius 1 is 1.44 bits per heavy atom. The maximum Gasteiger partial charge on any atom is 0.141 e. The average molecular weight is 234 g/mol. The molecule has 3 nitrogen and oxygen atoms in total. The van der Waals surface area contributed by atoms with E-state index in [1.54, 1.807) is 18.4 Å². The van der Waals surface area contributed by atoms with E-state index in [1.165, 1.54) is 4.88 Å². The highest BCUT2D eigenvalue weighted by Gasteiger charge is 2.04. The highest BCUT2D eigenvalue weighted by atomic mass is 32.1. The minimum absolute atomic E-state index is 0.674. The number of anilines is 1. The number of hydrogen-bond donors (Lipinski definition) is 1. The molecule has 0 aliphatic heterocycles. The van der Waals surface area contributed by atoms with E-state index in [2.05, 4.69) is 11.9 Å². The zero-order valence-electron chi connectivity index (χ0n) is 9.36. The smallest absolute Gasteiger partial charge is 0.141 e. The third-order valence-electron chi connectivity index (χ3n) is 2.32. The molecule has 1 heterocycles. The van der Waals surface area contributed by atoms with Crippen LogP contribution in [0.4, 0.5) is 5.69 Å². The lowest BCUT2D eigenvalue weighted by Gasteiger charge is -2.05. The molecule has 16 heavy (non-hydrogen) atoms. The maximum absolute atomic E-state index is 5.85. The first-order valence-corrected chi connectivity index (χ1v) is 5.84. The molecule has 0 radical (unpaired) electrons. The lowest BCUT2D eigenvalue weighted by atomic mass is 10.1. The van der Waals surface area contributed by atoms with Crippen molar-refractivity contribution in [2.75, 3.05) is 12.8 Å². The summed E-state index contributed by atoms with van der Waals surface area (Å²) in [6.07, 6.45) is 2.72. The summed E-state index contributed by atoms with van der Waals surface area (Å²) >= 11 is 1.72. The molecule has 4 heteroatoms. The van der Waals surface area contributed by atoms with E-state index in [0.717, 1.165) is 22.7 Å². The molecule has 1 aromatic carbocycles. The Bertz CT molecular complexity index is 494. The van der Waals surface area contributed by atoms with Crippen molar-refractivity contribution in [2.45, 2.75) is 13.3 Å². The van der Waals surface area contributed by atoms with Crippen molar-refractivity contribution in [2.24, 2.45) is 0 Å². The summed E-state index contributed by atoms with van der Waals surface area (Å²) < 4.78 is 5.12. The molecule has 0 aliphatic rings. The van der Waals surface area contributed by atoms with Gasteiger partial charge in [-0.3, -0.25) is 0 Å². The fourth-order valence-electron chi connectivity index (χ4n) is 1.55. The lowest BCUT2D eigenvalue weighted by Crippen LogP contribution is -1.94. The molecule has 2 aromatic rings. The second kappa shape index (κ2) is 4.53. The molecule has 0 saturated carbocycles. The van der Waals surface area contributed by atoms with Gasteiger partial charge in [0.25, 0.3) is 0 Å². The Hall–Kier alpha value is -1.55. The summed E-state index contributed by atoms with van der Waals surface area (Å²) in [6.45, 7) is 2.06. The van der Waals surface area contributed by atoms with Crippen LogP contribution >= 0.6 is 11.3 Å². The van der Waals surface area contributed by atoms with E-state index in [9.17, 15) is 0 Å². The van der Waals surface area contributed by atoms with E-state index in [0.29, 0.717) is 5.69 Å². The molecule has 0 unspecified atom stereocenters. The maximum atomic E-state index is 5.85. The molecule has 84 valence electrons. The van der Waals surface area contributed by atoms with Crippen LogP contribution in [-0.2, 0) is 6.42 Å². The first-order chi connectivity index (χ1) is 7.69. The Morgan fingerprint density at radius 3 is 2.81 bits per heavy atom. The third-order valence-corrected chi connectivity index (χ3v) is 3.23. The summed E-state index contributed by atoms with van der Waals surface area (Å²) in [4.78, 5) is 5.56. The number of nitrogens with zero attached hydrogens (tertiary/aromatic N) is 1. The number of nitrogens with two attached hydrogens (primary N) is 1. The Kier molecular flexibility index (Phi) is 3.10. The van der Waals surface area contributed by atoms with Crippen LogP contribution in [0.15, 0.2) is 24.4 Å². The minimum atomic E-state index is 0.674. The average Bonchev–Trinajstić information content (AvgIpc) is 2.64. The van der Waals surface area contributed by atoms with Gasteiger partial charge in [-0.2, -0.15) is 0 Å². The molecule has 0 aliphatic carbocycles. The fraction of sp³-hybridized carbons (Fsp3) is 0.250. The van der Waals surface area contributed by atoms with E-state index >= 15 is 0 Å². The fourth-order valence-corrected chi connectivity index (χ4v) is 2.37. The molecule has 0 atom stereocenters. The molecule has 0 spiro atoms. The van der Waals surface area contributed by atoms with Crippen molar-refractivity contribution in [3.05, 3.63) is 39.8 Å². The standard InChI is InChI=1S/C12H14N2OS/c1-8-7-14-12(16-8)6-9-3-4-11(15-2)10(13)5-9/h3-5,7H,6,13H2,1-2H3. The number of rotatable bonds is 3. The first-order valence-electron chi connectivity index (χ1n) is 5.02. The second-order valence-electron chi connectivity index (χ2n) is 3.62. The summed E-state index contributed by atoms with van der Waals surface area (Å²) in [5.74, 6) is 0.721. The van der Waals surface area contributed by atoms with E-state index in [1.807, 2.05) is 24.4 Å². The van der Waals surface area contributed by atoms with Crippen LogP contribution in [0.1, 0.15) is 15.4 Å². The van der Waals surface area contributed by atoms with E-state index in [-0.39, 0.29) is 0 Å². The van der Waals surface area contributed by atoms with Crippen molar-refractivity contribution in [1.29, 1.82) is 0 Å². The molecule has 2 N–H and O–H groups in total. The van der Waals surface area contributed by atoms with Gasteiger partial charge in [-0.1, -0.05) is 6.07 Å². The van der Waals surface area contributed by atoms with Crippen molar-refractivity contribution in [3.8, 4) is 5.75 Å². The van der Waals surface area contributed by atoms with Crippen LogP contribution in [0.25, 0.3) is 0 Å². The first kappa shape index (κ1) is 11.0. The van der Waals surface area contributed by atoms with Gasteiger partial charge in [0.05, 0.1) is 17.8 Å². The highest BCUT2D eigenvalue weighted by Crippen LogP contribution is 2.24. The van der Waals surface area contributed by atoms with Gasteiger partial charge in [0, 0.05) is 17.5 Å². The van der Waals surface area contributed by atoms with Gasteiger partial charge in [-0.05, 0) is 24.6 Å². The number of hydrogen-bond acceptors (Lipinski definition) is 4. The summed E-state index contributed by atoms with van der Waals surface area (Å²) in [5, 5.41) is 1.11. The molecule has 0 amide bonds. The minimum Gasteiger partial charge on any atom is -0.495 e. The van der Waals surface area contributed by atoms with Gasteiger partial charge in [0.2, 0.25) is 0 Å². The Labute approximate surface area is 98.9 Å². The monoisotopic (exact) mass is 234 g/mol. The van der Waals surface area contributed by atoms with Crippen molar-refractivity contribution >= 4 is 17.0 Å². The SMILES string of the molecule is COc1ccc(Cc2ncc(C)s2)cc1N. The topological polar surface area (TPSA) is 48.1 Å². The Balaban J connectivity index is 2.19. The lowest BCUT2D eigenvalue weighted by molar-refractivity contribution is 0.417. The highest BCUT2D eigenvalue weighted by molar-refractivity contribution is 7.11. The summed E-state index contributed by atoms with van der Waals surface area (Å²) in [6, 6.07) is 5.85. The van der Waals surface area contributed by atoms with E-state index < -0.39 is 0 Å². The third kappa shape index (κ3) is 2.33. The van der Waals surface area contributed by atoms with Gasteiger partial charge >= 0.3 is 0 Å². The normalized spacial score (nSPS) is 10.4. The Morgan fingerprint density at radius 2 is 2.25 bits per heavy atom.